The van der Waals surface area contributed by atoms with Gasteiger partial charge in [0.15, 0.2) is 0 Å². The lowest BCUT2D eigenvalue weighted by Gasteiger charge is -2.43. The molecular weight excluding hydrogens is 264 g/mol. The van der Waals surface area contributed by atoms with Crippen LogP contribution in [0.15, 0.2) is 18.2 Å². The van der Waals surface area contributed by atoms with E-state index in [0.717, 1.165) is 56.9 Å². The number of hydrogen-bond donors (Lipinski definition) is 1. The van der Waals surface area contributed by atoms with E-state index in [2.05, 4.69) is 22.8 Å². The van der Waals surface area contributed by atoms with Crippen LogP contribution in [0, 0.1) is 0 Å². The van der Waals surface area contributed by atoms with Gasteiger partial charge in [0.25, 0.3) is 0 Å². The maximum absolute atomic E-state index is 10.8. The van der Waals surface area contributed by atoms with E-state index in [0.29, 0.717) is 0 Å². The molecule has 1 aromatic carbocycles. The molecule has 3 rings (SSSR count). The molecule has 1 aliphatic heterocycles. The van der Waals surface area contributed by atoms with E-state index < -0.39 is 6.10 Å². The molecule has 21 heavy (non-hydrogen) atoms. The predicted molar refractivity (Wildman–Crippen MR) is 83.7 cm³/mol. The molecule has 2 unspecified atom stereocenters. The smallest absolute Gasteiger partial charge is 0.119 e. The number of nitrogens with zero attached hydrogens (tertiary/aromatic N) is 2. The van der Waals surface area contributed by atoms with E-state index in [1.165, 1.54) is 5.56 Å². The monoisotopic (exact) mass is 290 g/mol. The lowest BCUT2D eigenvalue weighted by Crippen LogP contribution is -2.52. The van der Waals surface area contributed by atoms with Crippen LogP contribution in [-0.2, 0) is 6.42 Å². The van der Waals surface area contributed by atoms with Crippen molar-refractivity contribution in [3.63, 3.8) is 0 Å². The molecule has 1 N–H and O–H groups in total. The van der Waals surface area contributed by atoms with Gasteiger partial charge in [0.2, 0.25) is 0 Å². The van der Waals surface area contributed by atoms with E-state index in [1.54, 1.807) is 7.11 Å². The third-order valence-electron chi connectivity index (χ3n) is 5.07. The molecule has 2 aliphatic rings. The summed E-state index contributed by atoms with van der Waals surface area (Å²) in [5.41, 5.74) is 2.33. The Balaban J connectivity index is 1.74. The highest BCUT2D eigenvalue weighted by Crippen LogP contribution is 2.35. The molecule has 0 bridgehead atoms. The number of piperazine rings is 1. The minimum atomic E-state index is -0.392. The molecule has 0 radical (unpaired) electrons. The number of hydrogen-bond acceptors (Lipinski definition) is 4. The van der Waals surface area contributed by atoms with Gasteiger partial charge in [-0.2, -0.15) is 0 Å². The molecule has 1 aromatic rings. The maximum Gasteiger partial charge on any atom is 0.119 e. The molecule has 0 aromatic heterocycles. The van der Waals surface area contributed by atoms with Gasteiger partial charge in [-0.3, -0.25) is 4.90 Å². The molecule has 4 nitrogen and oxygen atoms in total. The van der Waals surface area contributed by atoms with Gasteiger partial charge in [0.1, 0.15) is 5.75 Å². The number of benzene rings is 1. The summed E-state index contributed by atoms with van der Waals surface area (Å²) in [5, 5.41) is 10.8. The van der Waals surface area contributed by atoms with Crippen molar-refractivity contribution in [3.05, 3.63) is 29.3 Å². The molecule has 116 valence electrons. The number of aryl methyl sites for hydroxylation is 1. The summed E-state index contributed by atoms with van der Waals surface area (Å²) in [6.45, 7) is 7.70. The zero-order valence-electron chi connectivity index (χ0n) is 13.1. The predicted octanol–water partition coefficient (Wildman–Crippen LogP) is 1.68. The zero-order valence-corrected chi connectivity index (χ0v) is 13.1. The second-order valence-corrected chi connectivity index (χ2v) is 6.09. The van der Waals surface area contributed by atoms with Crippen LogP contribution in [0.3, 0.4) is 0 Å². The van der Waals surface area contributed by atoms with Crippen LogP contribution in [0.4, 0.5) is 0 Å². The Morgan fingerprint density at radius 3 is 2.67 bits per heavy atom. The summed E-state index contributed by atoms with van der Waals surface area (Å²) < 4.78 is 5.31. The minimum absolute atomic E-state index is 0.253. The number of rotatable bonds is 3. The van der Waals surface area contributed by atoms with Crippen LogP contribution in [0.2, 0.25) is 0 Å². The molecule has 1 heterocycles. The third-order valence-corrected chi connectivity index (χ3v) is 5.07. The van der Waals surface area contributed by atoms with Gasteiger partial charge in [-0.25, -0.2) is 0 Å². The Bertz CT molecular complexity index is 484. The minimum Gasteiger partial charge on any atom is -0.497 e. The first-order valence-corrected chi connectivity index (χ1v) is 8.04. The SMILES string of the molecule is CCN1CCN(C2CCc3ccc(OC)cc3C2O)CC1. The van der Waals surface area contributed by atoms with Crippen molar-refractivity contribution in [3.8, 4) is 5.75 Å². The van der Waals surface area contributed by atoms with E-state index in [-0.39, 0.29) is 6.04 Å². The summed E-state index contributed by atoms with van der Waals surface area (Å²) in [4.78, 5) is 4.95. The highest BCUT2D eigenvalue weighted by Gasteiger charge is 2.33. The summed E-state index contributed by atoms with van der Waals surface area (Å²) >= 11 is 0. The molecular formula is C17H26N2O2. The Labute approximate surface area is 127 Å². The molecule has 0 spiro atoms. The number of aliphatic hydroxyl groups excluding tert-OH is 1. The maximum atomic E-state index is 10.8. The first kappa shape index (κ1) is 14.8. The Morgan fingerprint density at radius 2 is 2.00 bits per heavy atom. The van der Waals surface area contributed by atoms with E-state index in [9.17, 15) is 5.11 Å². The van der Waals surface area contributed by atoms with Gasteiger partial charge < -0.3 is 14.7 Å². The van der Waals surface area contributed by atoms with Crippen LogP contribution in [-0.4, -0.2) is 60.8 Å². The van der Waals surface area contributed by atoms with E-state index in [1.807, 2.05) is 12.1 Å². The summed E-state index contributed by atoms with van der Waals surface area (Å²) in [7, 11) is 1.68. The van der Waals surface area contributed by atoms with Crippen molar-refractivity contribution in [1.82, 2.24) is 9.80 Å². The highest BCUT2D eigenvalue weighted by atomic mass is 16.5. The second-order valence-electron chi connectivity index (χ2n) is 6.09. The van der Waals surface area contributed by atoms with Crippen LogP contribution in [0.1, 0.15) is 30.6 Å². The molecule has 2 atom stereocenters. The van der Waals surface area contributed by atoms with Crippen molar-refractivity contribution < 1.29 is 9.84 Å². The Morgan fingerprint density at radius 1 is 1.24 bits per heavy atom. The first-order chi connectivity index (χ1) is 10.2. The second kappa shape index (κ2) is 6.34. The first-order valence-electron chi connectivity index (χ1n) is 8.04. The van der Waals surface area contributed by atoms with Gasteiger partial charge in [0.05, 0.1) is 13.2 Å². The third kappa shape index (κ3) is 2.93. The molecule has 4 heteroatoms. The molecule has 0 saturated carbocycles. The van der Waals surface area contributed by atoms with E-state index >= 15 is 0 Å². The number of likely N-dealkylation sites (N-methyl/N-ethyl adjacent to an activating group) is 1. The molecule has 1 fully saturated rings. The standard InChI is InChI=1S/C17H26N2O2/c1-3-18-8-10-19(11-9-18)16-7-5-13-4-6-14(21-2)12-15(13)17(16)20/h4,6,12,16-17,20H,3,5,7-11H2,1-2H3. The van der Waals surface area contributed by atoms with Crippen LogP contribution >= 0.6 is 0 Å². The summed E-state index contributed by atoms with van der Waals surface area (Å²) in [6, 6.07) is 6.35. The van der Waals surface area contributed by atoms with E-state index in [4.69, 9.17) is 4.74 Å². The quantitative estimate of drug-likeness (QED) is 0.919. The molecule has 1 saturated heterocycles. The van der Waals surface area contributed by atoms with Crippen LogP contribution in [0.25, 0.3) is 0 Å². The van der Waals surface area contributed by atoms with Crippen molar-refractivity contribution in [2.24, 2.45) is 0 Å². The topological polar surface area (TPSA) is 35.9 Å². The largest absolute Gasteiger partial charge is 0.497 e. The van der Waals surface area contributed by atoms with Crippen molar-refractivity contribution in [2.45, 2.75) is 31.9 Å². The van der Waals surface area contributed by atoms with Crippen LogP contribution in [0.5, 0.6) is 5.75 Å². The van der Waals surface area contributed by atoms with Gasteiger partial charge in [0, 0.05) is 32.2 Å². The van der Waals surface area contributed by atoms with Gasteiger partial charge in [-0.05, 0) is 42.6 Å². The summed E-state index contributed by atoms with van der Waals surface area (Å²) in [5.74, 6) is 0.837. The van der Waals surface area contributed by atoms with Gasteiger partial charge >= 0.3 is 0 Å². The average Bonchev–Trinajstić information content (AvgIpc) is 2.55. The number of methoxy groups -OCH3 is 1. The fourth-order valence-corrected chi connectivity index (χ4v) is 3.66. The Hall–Kier alpha value is -1.10. The molecule has 0 amide bonds. The fraction of sp³-hybridized carbons (Fsp3) is 0.647. The number of ether oxygens (including phenoxy) is 1. The van der Waals surface area contributed by atoms with Crippen molar-refractivity contribution in [1.29, 1.82) is 0 Å². The fourth-order valence-electron chi connectivity index (χ4n) is 3.66. The number of fused-ring (bicyclic) bond motifs is 1. The zero-order chi connectivity index (χ0) is 14.8. The lowest BCUT2D eigenvalue weighted by atomic mass is 9.84. The van der Waals surface area contributed by atoms with Gasteiger partial charge in [-0.15, -0.1) is 0 Å². The summed E-state index contributed by atoms with van der Waals surface area (Å²) in [6.07, 6.45) is 1.71. The molecule has 1 aliphatic carbocycles. The average molecular weight is 290 g/mol. The van der Waals surface area contributed by atoms with Crippen LogP contribution < -0.4 is 4.74 Å². The van der Waals surface area contributed by atoms with Crippen molar-refractivity contribution in [2.75, 3.05) is 39.8 Å². The normalized spacial score (nSPS) is 27.4. The van der Waals surface area contributed by atoms with Gasteiger partial charge in [-0.1, -0.05) is 13.0 Å². The Kier molecular flexibility index (Phi) is 4.48. The highest BCUT2D eigenvalue weighted by molar-refractivity contribution is 5.39. The number of aliphatic hydroxyl groups is 1. The van der Waals surface area contributed by atoms with Crippen molar-refractivity contribution >= 4 is 0 Å². The lowest BCUT2D eigenvalue weighted by molar-refractivity contribution is 0.00928.